The van der Waals surface area contributed by atoms with Gasteiger partial charge in [0, 0.05) is 16.0 Å². The van der Waals surface area contributed by atoms with Gasteiger partial charge in [-0.05, 0) is 43.4 Å². The maximum Gasteiger partial charge on any atom is 0.153 e. The normalized spacial score (nSPS) is 15.4. The SMILES string of the molecule is CC(C)CNCc1oc2c(Cl)cc(Cl)cc2c1C1CC1. The van der Waals surface area contributed by atoms with Crippen LogP contribution in [0.15, 0.2) is 16.5 Å². The van der Waals surface area contributed by atoms with E-state index in [1.54, 1.807) is 6.07 Å². The molecule has 2 nitrogen and oxygen atoms in total. The molecular formula is C16H19Cl2NO. The molecule has 1 aliphatic carbocycles. The third-order valence-corrected chi connectivity index (χ3v) is 4.15. The van der Waals surface area contributed by atoms with Crippen LogP contribution < -0.4 is 5.32 Å². The van der Waals surface area contributed by atoms with Crippen molar-refractivity contribution < 1.29 is 4.42 Å². The first-order valence-electron chi connectivity index (χ1n) is 7.17. The monoisotopic (exact) mass is 311 g/mol. The summed E-state index contributed by atoms with van der Waals surface area (Å²) in [5.74, 6) is 2.26. The Bertz CT molecular complexity index is 629. The van der Waals surface area contributed by atoms with Gasteiger partial charge in [0.25, 0.3) is 0 Å². The summed E-state index contributed by atoms with van der Waals surface area (Å²) in [6.45, 7) is 6.14. The van der Waals surface area contributed by atoms with Crippen molar-refractivity contribution in [3.63, 3.8) is 0 Å². The quantitative estimate of drug-likeness (QED) is 0.803. The zero-order valence-corrected chi connectivity index (χ0v) is 13.3. The van der Waals surface area contributed by atoms with Gasteiger partial charge in [-0.15, -0.1) is 0 Å². The second-order valence-corrected chi connectivity index (χ2v) is 6.85. The Balaban J connectivity index is 1.98. The van der Waals surface area contributed by atoms with Gasteiger partial charge >= 0.3 is 0 Å². The molecule has 108 valence electrons. The molecule has 1 aliphatic rings. The van der Waals surface area contributed by atoms with Gasteiger partial charge in [-0.1, -0.05) is 37.0 Å². The molecule has 4 heteroatoms. The largest absolute Gasteiger partial charge is 0.458 e. The number of furan rings is 1. The summed E-state index contributed by atoms with van der Waals surface area (Å²) in [6, 6.07) is 3.73. The third-order valence-electron chi connectivity index (χ3n) is 3.65. The zero-order valence-electron chi connectivity index (χ0n) is 11.8. The van der Waals surface area contributed by atoms with Crippen molar-refractivity contribution in [1.29, 1.82) is 0 Å². The number of rotatable bonds is 5. The van der Waals surface area contributed by atoms with Crippen LogP contribution in [0.1, 0.15) is 43.9 Å². The van der Waals surface area contributed by atoms with E-state index in [9.17, 15) is 0 Å². The van der Waals surface area contributed by atoms with E-state index in [1.165, 1.54) is 18.4 Å². The molecule has 1 aromatic heterocycles. The summed E-state index contributed by atoms with van der Waals surface area (Å²) in [6.07, 6.45) is 2.46. The maximum atomic E-state index is 6.26. The Labute approximate surface area is 129 Å². The van der Waals surface area contributed by atoms with Gasteiger partial charge < -0.3 is 9.73 Å². The Kier molecular flexibility index (Phi) is 3.98. The summed E-state index contributed by atoms with van der Waals surface area (Å²) in [7, 11) is 0. The van der Waals surface area contributed by atoms with Crippen molar-refractivity contribution in [2.45, 2.75) is 39.2 Å². The number of hydrogen-bond donors (Lipinski definition) is 1. The zero-order chi connectivity index (χ0) is 14.3. The van der Waals surface area contributed by atoms with Crippen LogP contribution in [0, 0.1) is 5.92 Å². The average Bonchev–Trinajstić information content (AvgIpc) is 3.12. The predicted molar refractivity (Wildman–Crippen MR) is 84.8 cm³/mol. The van der Waals surface area contributed by atoms with Crippen molar-refractivity contribution in [1.82, 2.24) is 5.32 Å². The minimum absolute atomic E-state index is 0.601. The molecule has 3 rings (SSSR count). The van der Waals surface area contributed by atoms with Gasteiger partial charge in [0.2, 0.25) is 0 Å². The predicted octanol–water partition coefficient (Wildman–Crippen LogP) is 5.36. The number of halogens is 2. The van der Waals surface area contributed by atoms with Crippen LogP contribution in [0.2, 0.25) is 10.0 Å². The van der Waals surface area contributed by atoms with Crippen LogP contribution in [0.25, 0.3) is 11.0 Å². The van der Waals surface area contributed by atoms with E-state index < -0.39 is 0 Å². The van der Waals surface area contributed by atoms with E-state index in [0.717, 1.165) is 29.8 Å². The van der Waals surface area contributed by atoms with Crippen LogP contribution in [0.4, 0.5) is 0 Å². The Morgan fingerprint density at radius 3 is 2.70 bits per heavy atom. The minimum Gasteiger partial charge on any atom is -0.458 e. The van der Waals surface area contributed by atoms with E-state index in [-0.39, 0.29) is 0 Å². The molecule has 20 heavy (non-hydrogen) atoms. The summed E-state index contributed by atoms with van der Waals surface area (Å²) in [5.41, 5.74) is 2.08. The lowest BCUT2D eigenvalue weighted by atomic mass is 10.1. The lowest BCUT2D eigenvalue weighted by Gasteiger charge is -2.06. The van der Waals surface area contributed by atoms with E-state index in [0.29, 0.717) is 21.9 Å². The van der Waals surface area contributed by atoms with Gasteiger partial charge in [0.15, 0.2) is 5.58 Å². The first-order chi connectivity index (χ1) is 9.56. The third kappa shape index (κ3) is 2.83. The fraction of sp³-hybridized carbons (Fsp3) is 0.500. The number of fused-ring (bicyclic) bond motifs is 1. The van der Waals surface area contributed by atoms with E-state index in [1.807, 2.05) is 6.07 Å². The lowest BCUT2D eigenvalue weighted by molar-refractivity contribution is 0.481. The second kappa shape index (κ2) is 5.59. The molecule has 2 aromatic rings. The number of hydrogen-bond acceptors (Lipinski definition) is 2. The van der Waals surface area contributed by atoms with E-state index in [2.05, 4.69) is 19.2 Å². The van der Waals surface area contributed by atoms with E-state index in [4.69, 9.17) is 27.6 Å². The molecule has 0 saturated heterocycles. The molecule has 1 fully saturated rings. The molecule has 0 radical (unpaired) electrons. The Hall–Kier alpha value is -0.700. The Morgan fingerprint density at radius 1 is 1.30 bits per heavy atom. The molecule has 1 aromatic carbocycles. The molecule has 0 bridgehead atoms. The van der Waals surface area contributed by atoms with Gasteiger partial charge in [0.05, 0.1) is 11.6 Å². The fourth-order valence-corrected chi connectivity index (χ4v) is 3.15. The Morgan fingerprint density at radius 2 is 2.05 bits per heavy atom. The van der Waals surface area contributed by atoms with Gasteiger partial charge in [0.1, 0.15) is 5.76 Å². The van der Waals surface area contributed by atoms with Gasteiger partial charge in [-0.2, -0.15) is 0 Å². The number of benzene rings is 1. The van der Waals surface area contributed by atoms with Crippen molar-refractivity contribution in [2.24, 2.45) is 5.92 Å². The topological polar surface area (TPSA) is 25.2 Å². The molecule has 0 spiro atoms. The molecule has 0 atom stereocenters. The highest BCUT2D eigenvalue weighted by Crippen LogP contribution is 2.47. The second-order valence-electron chi connectivity index (χ2n) is 6.00. The summed E-state index contributed by atoms with van der Waals surface area (Å²) >= 11 is 12.4. The molecule has 0 aliphatic heterocycles. The van der Waals surface area contributed by atoms with Gasteiger partial charge in [-0.3, -0.25) is 0 Å². The summed E-state index contributed by atoms with van der Waals surface area (Å²) < 4.78 is 6.01. The molecule has 0 amide bonds. The van der Waals surface area contributed by atoms with Crippen molar-refractivity contribution >= 4 is 34.2 Å². The average molecular weight is 312 g/mol. The molecule has 1 saturated carbocycles. The lowest BCUT2D eigenvalue weighted by Crippen LogP contribution is -2.19. The van der Waals surface area contributed by atoms with E-state index >= 15 is 0 Å². The standard InChI is InChI=1S/C16H19Cl2NO/c1-9(2)7-19-8-14-15(10-3-4-10)12-5-11(17)6-13(18)16(12)20-14/h5-6,9-10,19H,3-4,7-8H2,1-2H3. The van der Waals surface area contributed by atoms with Crippen LogP contribution in [0.5, 0.6) is 0 Å². The van der Waals surface area contributed by atoms with Crippen molar-refractivity contribution in [2.75, 3.05) is 6.54 Å². The van der Waals surface area contributed by atoms with Crippen LogP contribution in [-0.2, 0) is 6.54 Å². The molecular weight excluding hydrogens is 293 g/mol. The molecule has 1 N–H and O–H groups in total. The summed E-state index contributed by atoms with van der Waals surface area (Å²) in [5, 5.41) is 5.81. The molecule has 1 heterocycles. The number of nitrogens with one attached hydrogen (secondary N) is 1. The minimum atomic E-state index is 0.601. The van der Waals surface area contributed by atoms with Crippen molar-refractivity contribution in [3.8, 4) is 0 Å². The van der Waals surface area contributed by atoms with Crippen LogP contribution in [-0.4, -0.2) is 6.54 Å². The van der Waals surface area contributed by atoms with Crippen LogP contribution >= 0.6 is 23.2 Å². The molecule has 0 unspecified atom stereocenters. The highest BCUT2D eigenvalue weighted by molar-refractivity contribution is 6.38. The van der Waals surface area contributed by atoms with Gasteiger partial charge in [-0.25, -0.2) is 0 Å². The maximum absolute atomic E-state index is 6.26. The highest BCUT2D eigenvalue weighted by Gasteiger charge is 2.31. The first-order valence-corrected chi connectivity index (χ1v) is 7.93. The summed E-state index contributed by atoms with van der Waals surface area (Å²) in [4.78, 5) is 0. The smallest absolute Gasteiger partial charge is 0.153 e. The van der Waals surface area contributed by atoms with Crippen LogP contribution in [0.3, 0.4) is 0 Å². The highest BCUT2D eigenvalue weighted by atomic mass is 35.5. The van der Waals surface area contributed by atoms with Crippen molar-refractivity contribution in [3.05, 3.63) is 33.5 Å². The fourth-order valence-electron chi connectivity index (χ4n) is 2.62. The first kappa shape index (κ1) is 14.2.